The average Bonchev–Trinajstić information content (AvgIpc) is 0.788. The van der Waals surface area contributed by atoms with E-state index >= 15 is 0 Å². The van der Waals surface area contributed by atoms with Crippen LogP contribution in [0.3, 0.4) is 0 Å². The summed E-state index contributed by atoms with van der Waals surface area (Å²) < 4.78 is 0. The van der Waals surface area contributed by atoms with Gasteiger partial charge in [-0.15, -0.1) is 215 Å². The molecule has 3 saturated heterocycles. The molecule has 0 atom stereocenters. The summed E-state index contributed by atoms with van der Waals surface area (Å²) in [4.78, 5) is 27.5. The van der Waals surface area contributed by atoms with Gasteiger partial charge in [0.15, 0.2) is 0 Å². The van der Waals surface area contributed by atoms with Crippen LogP contribution >= 0.6 is 0 Å². The van der Waals surface area contributed by atoms with E-state index in [4.69, 9.17) is 9.97 Å². The molecule has 3 aliphatic rings. The summed E-state index contributed by atoms with van der Waals surface area (Å²) in [6.07, 6.45) is 23.3. The monoisotopic (exact) mass is 2010 g/mol. The molecule has 0 N–H and O–H groups in total. The van der Waals surface area contributed by atoms with Crippen LogP contribution in [-0.4, -0.2) is 62.2 Å². The minimum Gasteiger partial charge on any atom is -0.305 e. The van der Waals surface area contributed by atoms with Gasteiger partial charge in [-0.3, -0.25) is 0 Å². The van der Waals surface area contributed by atoms with Crippen molar-refractivity contribution >= 4 is 53.0 Å². The molecular weight excluding hydrogens is 1900 g/mol. The Bertz CT molecular complexity index is 4550. The van der Waals surface area contributed by atoms with Crippen molar-refractivity contribution in [1.82, 2.24) is 29.9 Å². The van der Waals surface area contributed by atoms with Gasteiger partial charge >= 0.3 is 0 Å². The maximum absolute atomic E-state index is 4.84. The third kappa shape index (κ3) is 24.5. The smallest absolute Gasteiger partial charge is 0.0859 e. The van der Waals surface area contributed by atoms with Crippen molar-refractivity contribution in [2.45, 2.75) is 175 Å². The predicted molar refractivity (Wildman–Crippen MR) is 451 cm³/mol. The predicted octanol–water partition coefficient (Wildman–Crippen LogP) is 22.2. The summed E-state index contributed by atoms with van der Waals surface area (Å²) in [5.74, 6) is 0.685. The molecule has 6 nitrogen and oxygen atoms in total. The normalized spacial score (nSPS) is 14.2. The molecule has 0 bridgehead atoms. The van der Waals surface area contributed by atoms with Crippen molar-refractivity contribution in [3.8, 4) is 67.5 Å². The van der Waals surface area contributed by atoms with Crippen molar-refractivity contribution in [1.29, 1.82) is 0 Å². The number of pyridine rings is 6. The molecule has 0 aliphatic carbocycles. The van der Waals surface area contributed by atoms with E-state index in [2.05, 4.69) is 229 Å². The first-order valence-corrected chi connectivity index (χ1v) is 50.0. The molecule has 9 heterocycles. The second-order valence-corrected chi connectivity index (χ2v) is 49.9. The molecule has 0 spiro atoms. The number of benzene rings is 6. The van der Waals surface area contributed by atoms with Crippen LogP contribution in [0.1, 0.15) is 92.2 Å². The van der Waals surface area contributed by atoms with Crippen molar-refractivity contribution in [2.24, 2.45) is 5.92 Å². The van der Waals surface area contributed by atoms with Crippen LogP contribution < -0.4 is 20.7 Å². The molecule has 15 rings (SSSR count). The zero-order valence-corrected chi connectivity index (χ0v) is 76.3. The number of rotatable bonds is 12. The third-order valence-corrected chi connectivity index (χ3v) is 37.1. The van der Waals surface area contributed by atoms with Crippen molar-refractivity contribution in [3.05, 3.63) is 301 Å². The molecule has 6 aromatic heterocycles. The van der Waals surface area contributed by atoms with E-state index in [1.54, 1.807) is 21.1 Å². The molecule has 3 fully saturated rings. The van der Waals surface area contributed by atoms with E-state index in [0.29, 0.717) is 5.92 Å². The Morgan fingerprint density at radius 3 is 0.963 bits per heavy atom. The van der Waals surface area contributed by atoms with Crippen LogP contribution in [0.5, 0.6) is 0 Å². The molecule has 12 aromatic rings. The van der Waals surface area contributed by atoms with E-state index in [9.17, 15) is 0 Å². The third-order valence-electron chi connectivity index (χ3n) is 21.0. The Morgan fingerprint density at radius 2 is 0.664 bits per heavy atom. The van der Waals surface area contributed by atoms with Crippen molar-refractivity contribution in [3.63, 3.8) is 0 Å². The summed E-state index contributed by atoms with van der Waals surface area (Å²) in [6, 6.07) is 93.3. The maximum atomic E-state index is 4.84. The molecule has 561 valence electrons. The van der Waals surface area contributed by atoms with Crippen molar-refractivity contribution < 1.29 is 60.3 Å². The Labute approximate surface area is 687 Å². The first-order valence-electron chi connectivity index (χ1n) is 37.8. The Kier molecular flexibility index (Phi) is 34.5. The molecule has 0 saturated carbocycles. The molecule has 6 aromatic carbocycles. The molecule has 0 unspecified atom stereocenters. The molecular formula is C94H106Ir3N6Si4-6. The van der Waals surface area contributed by atoms with Gasteiger partial charge < -0.3 is 29.9 Å². The van der Waals surface area contributed by atoms with Crippen LogP contribution in [0, 0.1) is 76.9 Å². The first kappa shape index (κ1) is 87.3. The van der Waals surface area contributed by atoms with Crippen molar-refractivity contribution in [2.75, 3.05) is 0 Å². The molecule has 3 aliphatic heterocycles. The van der Waals surface area contributed by atoms with Crippen LogP contribution in [0.15, 0.2) is 231 Å². The topological polar surface area (TPSA) is 77.3 Å². The second-order valence-electron chi connectivity index (χ2n) is 30.9. The van der Waals surface area contributed by atoms with Gasteiger partial charge in [0.05, 0.1) is 32.3 Å². The van der Waals surface area contributed by atoms with Gasteiger partial charge in [0.25, 0.3) is 0 Å². The van der Waals surface area contributed by atoms with Gasteiger partial charge in [0.1, 0.15) is 0 Å². The van der Waals surface area contributed by atoms with E-state index in [0.717, 1.165) is 67.5 Å². The molecule has 13 heteroatoms. The van der Waals surface area contributed by atoms with Gasteiger partial charge in [-0.2, -0.15) is 0 Å². The minimum atomic E-state index is -1.32. The first-order chi connectivity index (χ1) is 50.2. The van der Waals surface area contributed by atoms with Gasteiger partial charge in [-0.05, 0) is 114 Å². The number of aryl methyl sites for hydroxylation is 5. The van der Waals surface area contributed by atoms with Gasteiger partial charge in [0, 0.05) is 97.5 Å². The Hall–Kier alpha value is -6.96. The fraction of sp³-hybridized carbons (Fsp3) is 0.298. The number of aromatic nitrogens is 6. The van der Waals surface area contributed by atoms with Crippen LogP contribution in [-0.2, 0) is 66.7 Å². The van der Waals surface area contributed by atoms with E-state index in [1.807, 2.05) is 146 Å². The minimum absolute atomic E-state index is 0. The van der Waals surface area contributed by atoms with E-state index in [1.165, 1.54) is 121 Å². The zero-order valence-electron chi connectivity index (χ0n) is 65.1. The summed E-state index contributed by atoms with van der Waals surface area (Å²) in [5.41, 5.74) is 20.8. The fourth-order valence-electron chi connectivity index (χ4n) is 14.7. The van der Waals surface area contributed by atoms with Crippen LogP contribution in [0.2, 0.25) is 75.5 Å². The average molecular weight is 2010 g/mol. The standard InChI is InChI=1S/C21H28NSi.C18H22NSi.C16H18NSi.C15H18NSi.2C12H10N.3Ir/c1-17(2)14-19-15-20(18-10-6-4-7-11-18)22-16-21(19)23(3)12-8-5-9-13-23;1-15-13-17(16-9-5-3-6-10-16)19-14-18(15)20(2)11-7-4-8-12-20;1-13-11-15(14-7-4-3-5-8-14)17-12-16(13)18(2)9-6-10-18;1-12-10-14(17(2,3)4)11-16-15(12)13-8-6-5-7-9-13;2*1-10-6-5-9-13-12(10)11-7-3-2-4-8-11;;;/h4,6-7,10,15-17H,5,8-9,12-14H2,1-3H3;3,5-6,9,13-14H,4,7-8,11-12H2,1-2H3;3-5,7,11-12H,6,9-10H2,1-2H3;5-8,10-11H,1-4H3;2*2-7,9H,1H3;;;/q6*-1;;;. The fourth-order valence-corrected chi connectivity index (χ4v) is 27.6. The zero-order chi connectivity index (χ0) is 73.5. The van der Waals surface area contributed by atoms with Crippen LogP contribution in [0.25, 0.3) is 67.5 Å². The number of nitrogens with zero attached hydrogens (tertiary/aromatic N) is 6. The summed E-state index contributed by atoms with van der Waals surface area (Å²) in [5, 5.41) is 6.19. The van der Waals surface area contributed by atoms with E-state index < -0.39 is 32.3 Å². The summed E-state index contributed by atoms with van der Waals surface area (Å²) >= 11 is 0. The Morgan fingerprint density at radius 1 is 0.336 bits per heavy atom. The second kappa shape index (κ2) is 42.3. The summed E-state index contributed by atoms with van der Waals surface area (Å²) in [6.45, 7) is 30.1. The molecule has 3 radical (unpaired) electrons. The largest absolute Gasteiger partial charge is 0.305 e. The number of hydrogen-bond donors (Lipinski definition) is 0. The molecule has 107 heavy (non-hydrogen) atoms. The summed E-state index contributed by atoms with van der Waals surface area (Å²) in [7, 11) is -4.95. The van der Waals surface area contributed by atoms with Gasteiger partial charge in [0.2, 0.25) is 0 Å². The van der Waals surface area contributed by atoms with E-state index in [-0.39, 0.29) is 60.3 Å². The van der Waals surface area contributed by atoms with Crippen LogP contribution in [0.4, 0.5) is 0 Å². The molecule has 0 amide bonds. The quantitative estimate of drug-likeness (QED) is 0.0896. The number of hydrogen-bond acceptors (Lipinski definition) is 6. The van der Waals surface area contributed by atoms with Gasteiger partial charge in [-0.25, -0.2) is 0 Å². The maximum Gasteiger partial charge on any atom is 0.0859 e. The SMILES string of the molecule is CC(C)Cc1cc(-c2[c-]cccc2)ncc1[Si]1(C)CCCCC1.Cc1cc(-c2[c-]cccc2)ncc1[Si]1(C)CCC1.Cc1cc(-c2[c-]cccc2)ncc1[Si]1(C)CCCCC1.Cc1cc([Si](C)(C)C)cnc1-c1[c-]cccc1.Cc1cccnc1-c1[c-]cccc1.Cc1cccnc1-c1[c-]cccc1.[Ir].[Ir].[Ir]. The van der Waals surface area contributed by atoms with Gasteiger partial charge in [-0.1, -0.05) is 204 Å². The Balaban J connectivity index is 0.000000180.